The fourth-order valence-electron chi connectivity index (χ4n) is 8.00. The Labute approximate surface area is 467 Å². The van der Waals surface area contributed by atoms with Crippen LogP contribution in [0.2, 0.25) is 0 Å². The summed E-state index contributed by atoms with van der Waals surface area (Å²) in [5.41, 5.74) is 14.9. The molecule has 0 bridgehead atoms. The standard InChI is InChI=1S/2C29H41N2.2C2H6O2.2Zn/c2*1-18(2)24-13-11-14-25(19(3)4)28(24)30-22(9)17-23(10)31-29-26(20(5)6)15-12-16-27(29)21(7)8;2*1-2-4-3;;/h2*11-21H,1-10H3;2*3H,2H2,1H3;;. The summed E-state index contributed by atoms with van der Waals surface area (Å²) < 4.78 is 0. The van der Waals surface area contributed by atoms with Gasteiger partial charge in [-0.1, -0.05) is 184 Å². The summed E-state index contributed by atoms with van der Waals surface area (Å²) in [6, 6.07) is 30.2. The van der Waals surface area contributed by atoms with E-state index in [2.05, 4.69) is 234 Å². The first-order chi connectivity index (χ1) is 32.9. The third-order valence-corrected chi connectivity index (χ3v) is 11.6. The molecule has 0 unspecified atom stereocenters. The van der Waals surface area contributed by atoms with Crippen molar-refractivity contribution in [1.82, 2.24) is 21.3 Å². The molecule has 8 nitrogen and oxygen atoms in total. The van der Waals surface area contributed by atoms with Gasteiger partial charge in [-0.2, -0.15) is 0 Å². The van der Waals surface area contributed by atoms with Gasteiger partial charge >= 0.3 is 0 Å². The fraction of sp³-hybridized carbons (Fsp3) is 0.516. The van der Waals surface area contributed by atoms with Gasteiger partial charge in [0.1, 0.15) is 0 Å². The van der Waals surface area contributed by atoms with Crippen LogP contribution >= 0.6 is 0 Å². The zero-order valence-electron chi connectivity index (χ0n) is 49.0. The molecule has 4 aromatic carbocycles. The quantitative estimate of drug-likeness (QED) is 0.0463. The molecule has 4 aromatic rings. The Kier molecular flexibility index (Phi) is 36.6. The molecule has 0 aliphatic heterocycles. The van der Waals surface area contributed by atoms with Gasteiger partial charge in [0.15, 0.2) is 0 Å². The van der Waals surface area contributed by atoms with Gasteiger partial charge in [0.05, 0.1) is 60.1 Å². The summed E-state index contributed by atoms with van der Waals surface area (Å²) in [6.45, 7) is 48.3. The first kappa shape index (κ1) is 71.2. The van der Waals surface area contributed by atoms with Gasteiger partial charge in [0.25, 0.3) is 0 Å². The van der Waals surface area contributed by atoms with Crippen LogP contribution in [-0.2, 0) is 48.7 Å². The second kappa shape index (κ2) is 37.0. The van der Waals surface area contributed by atoms with Crippen LogP contribution in [0.5, 0.6) is 0 Å². The molecule has 0 atom stereocenters. The molecule has 0 aliphatic carbocycles. The van der Waals surface area contributed by atoms with Crippen LogP contribution in [0.3, 0.4) is 0 Å². The van der Waals surface area contributed by atoms with E-state index in [9.17, 15) is 0 Å². The largest absolute Gasteiger partial charge is 0.275 e. The number of para-hydroxylation sites is 4. The van der Waals surface area contributed by atoms with Crippen molar-refractivity contribution < 1.29 is 59.2 Å². The third-order valence-electron chi connectivity index (χ3n) is 11.6. The Balaban J connectivity index is 0. The van der Waals surface area contributed by atoms with Gasteiger partial charge in [0, 0.05) is 51.8 Å². The minimum Gasteiger partial charge on any atom is -0.275 e. The molecular weight excluding hydrogens is 995 g/mol. The van der Waals surface area contributed by atoms with Crippen LogP contribution in [0.25, 0.3) is 0 Å². The summed E-state index contributed by atoms with van der Waals surface area (Å²) in [4.78, 5) is 7.08. The van der Waals surface area contributed by atoms with Crippen LogP contribution in [-0.4, -0.2) is 23.7 Å². The molecule has 0 saturated carbocycles. The van der Waals surface area contributed by atoms with Crippen molar-refractivity contribution in [2.24, 2.45) is 0 Å². The van der Waals surface area contributed by atoms with E-state index < -0.39 is 0 Å². The monoisotopic (exact) mass is 1090 g/mol. The van der Waals surface area contributed by atoms with Gasteiger partial charge in [0.2, 0.25) is 0 Å². The molecule has 0 amide bonds. The Bertz CT molecular complexity index is 1660. The van der Waals surface area contributed by atoms with Crippen LogP contribution in [0.15, 0.2) is 72.8 Å². The van der Waals surface area contributed by atoms with Crippen molar-refractivity contribution in [2.75, 3.05) is 13.2 Å². The smallest absolute Gasteiger partial charge is 0.0895 e. The zero-order chi connectivity index (χ0) is 53.4. The maximum atomic E-state index is 7.38. The van der Waals surface area contributed by atoms with E-state index in [1.165, 1.54) is 44.5 Å². The Morgan fingerprint density at radius 2 is 0.472 bits per heavy atom. The van der Waals surface area contributed by atoms with Gasteiger partial charge in [-0.05, 0) is 133 Å². The van der Waals surface area contributed by atoms with Crippen molar-refractivity contribution in [1.29, 1.82) is 0 Å². The maximum Gasteiger partial charge on any atom is 0.0895 e. The van der Waals surface area contributed by atoms with E-state index >= 15 is 0 Å². The van der Waals surface area contributed by atoms with Crippen molar-refractivity contribution >= 4 is 22.7 Å². The molecule has 10 radical (unpaired) electrons. The average Bonchev–Trinajstić information content (AvgIpc) is 3.28. The van der Waals surface area contributed by atoms with Crippen LogP contribution in [0, 0.1) is 37.0 Å². The summed E-state index contributed by atoms with van der Waals surface area (Å²) in [6.07, 6.45) is 4.23. The topological polar surface area (TPSA) is 115 Å². The molecule has 0 saturated heterocycles. The van der Waals surface area contributed by atoms with Crippen LogP contribution in [0.4, 0.5) is 22.7 Å². The van der Waals surface area contributed by atoms with E-state index in [0.29, 0.717) is 60.6 Å². The van der Waals surface area contributed by atoms with Crippen molar-refractivity contribution in [3.05, 3.63) is 154 Å². The Morgan fingerprint density at radius 3 is 0.569 bits per heavy atom. The minimum absolute atomic E-state index is 0. The summed E-state index contributed by atoms with van der Waals surface area (Å²) >= 11 is 0. The second-order valence-corrected chi connectivity index (χ2v) is 20.5. The van der Waals surface area contributed by atoms with Crippen LogP contribution in [0.1, 0.15) is 244 Å². The van der Waals surface area contributed by atoms with E-state index in [-0.39, 0.29) is 39.0 Å². The molecular formula is C62H94N4O4Zn2. The number of rotatable bonds is 22. The Hall–Kier alpha value is -2.83. The number of benzene rings is 4. The molecule has 0 heterocycles. The molecule has 390 valence electrons. The van der Waals surface area contributed by atoms with Gasteiger partial charge in [-0.25, -0.2) is 9.78 Å². The van der Waals surface area contributed by atoms with E-state index in [1.807, 2.05) is 0 Å². The number of hydrogen-bond acceptors (Lipinski definition) is 4. The van der Waals surface area contributed by atoms with Crippen molar-refractivity contribution in [3.8, 4) is 0 Å². The molecule has 0 spiro atoms. The van der Waals surface area contributed by atoms with Crippen molar-refractivity contribution in [3.63, 3.8) is 0 Å². The van der Waals surface area contributed by atoms with Gasteiger partial charge in [-0.3, -0.25) is 31.8 Å². The second-order valence-electron chi connectivity index (χ2n) is 20.5. The SMILES string of the molecule is CCOO.CCOO.C[C]([CH][C](C)[N]c1c(C(C)C)cccc1C(C)C)[N]c1c(C(C)C)cccc1C(C)C.C[C]([CH][C](C)[N]c1c(C(C)C)cccc1C(C)C)[N]c1c(C(C)C)cccc1C(C)C.[Zn].[Zn]. The third kappa shape index (κ3) is 23.8. The van der Waals surface area contributed by atoms with Crippen LogP contribution < -0.4 is 21.3 Å². The average molecular weight is 1090 g/mol. The summed E-state index contributed by atoms with van der Waals surface area (Å²) in [5, 5.41) is 35.1. The predicted molar refractivity (Wildman–Crippen MR) is 298 cm³/mol. The van der Waals surface area contributed by atoms with Gasteiger partial charge < -0.3 is 0 Å². The fourth-order valence-corrected chi connectivity index (χ4v) is 8.00. The predicted octanol–water partition coefficient (Wildman–Crippen LogP) is 18.3. The van der Waals surface area contributed by atoms with Gasteiger partial charge in [-0.15, -0.1) is 0 Å². The minimum atomic E-state index is 0. The number of nitrogens with zero attached hydrogens (tertiary/aromatic N) is 4. The zero-order valence-corrected chi connectivity index (χ0v) is 55.0. The number of hydrogen-bond donors (Lipinski definition) is 2. The molecule has 2 N–H and O–H groups in total. The Morgan fingerprint density at radius 1 is 0.347 bits per heavy atom. The molecule has 10 heteroatoms. The maximum absolute atomic E-state index is 7.38. The van der Waals surface area contributed by atoms with E-state index in [4.69, 9.17) is 31.8 Å². The summed E-state index contributed by atoms with van der Waals surface area (Å²) in [7, 11) is 0. The molecule has 0 aliphatic rings. The first-order valence-electron chi connectivity index (χ1n) is 25.8. The molecule has 4 rings (SSSR count). The van der Waals surface area contributed by atoms with E-state index in [0.717, 1.165) is 46.9 Å². The van der Waals surface area contributed by atoms with Crippen molar-refractivity contribution in [2.45, 2.75) is 200 Å². The van der Waals surface area contributed by atoms with E-state index in [1.54, 1.807) is 13.8 Å². The first-order valence-corrected chi connectivity index (χ1v) is 25.8. The molecule has 0 fully saturated rings. The molecule has 0 aromatic heterocycles. The summed E-state index contributed by atoms with van der Waals surface area (Å²) in [5.74, 6) is 3.49. The molecule has 72 heavy (non-hydrogen) atoms. The normalized spacial score (nSPS) is 11.3.